The molecule has 0 aromatic rings. The Morgan fingerprint density at radius 3 is 2.08 bits per heavy atom. The molecule has 13 heavy (non-hydrogen) atoms. The van der Waals surface area contributed by atoms with Crippen molar-refractivity contribution in [2.75, 3.05) is 26.8 Å². The van der Waals surface area contributed by atoms with Gasteiger partial charge in [0.1, 0.15) is 0 Å². The van der Waals surface area contributed by atoms with Crippen molar-refractivity contribution in [1.29, 1.82) is 0 Å². The van der Waals surface area contributed by atoms with Crippen LogP contribution in [0.2, 0.25) is 0 Å². The predicted molar refractivity (Wildman–Crippen MR) is 60.2 cm³/mol. The van der Waals surface area contributed by atoms with E-state index in [1.165, 1.54) is 0 Å². The third kappa shape index (κ3) is 9.84. The summed E-state index contributed by atoms with van der Waals surface area (Å²) in [6, 6.07) is 0.664. The van der Waals surface area contributed by atoms with Crippen molar-refractivity contribution in [2.45, 2.75) is 47.1 Å². The molecule has 0 amide bonds. The Balaban J connectivity index is 0. The highest BCUT2D eigenvalue weighted by Gasteiger charge is 2.04. The topological polar surface area (TPSA) is 12.5 Å². The second-order valence-electron chi connectivity index (χ2n) is 3.07. The zero-order chi connectivity index (χ0) is 10.7. The fraction of sp³-hybridized carbons (Fsp3) is 1.00. The molecule has 0 bridgehead atoms. The summed E-state index contributed by atoms with van der Waals surface area (Å²) in [6.07, 6.45) is 1.14. The van der Waals surface area contributed by atoms with Crippen molar-refractivity contribution in [3.05, 3.63) is 0 Å². The van der Waals surface area contributed by atoms with Gasteiger partial charge >= 0.3 is 0 Å². The van der Waals surface area contributed by atoms with Crippen LogP contribution in [-0.2, 0) is 4.74 Å². The quantitative estimate of drug-likeness (QED) is 0.596. The number of hydrogen-bond acceptors (Lipinski definition) is 2. The van der Waals surface area contributed by atoms with Gasteiger partial charge in [0.05, 0.1) is 0 Å². The molecule has 0 aromatic carbocycles. The van der Waals surface area contributed by atoms with E-state index in [4.69, 9.17) is 4.74 Å². The molecule has 0 aliphatic heterocycles. The first-order chi connectivity index (χ1) is 6.22. The summed E-state index contributed by atoms with van der Waals surface area (Å²) < 4.78 is 4.99. The van der Waals surface area contributed by atoms with E-state index in [0.29, 0.717) is 6.04 Å². The first kappa shape index (κ1) is 15.4. The molecule has 0 saturated carbocycles. The lowest BCUT2D eigenvalue weighted by molar-refractivity contribution is 0.161. The van der Waals surface area contributed by atoms with E-state index in [-0.39, 0.29) is 0 Å². The van der Waals surface area contributed by atoms with Crippen molar-refractivity contribution >= 4 is 0 Å². The van der Waals surface area contributed by atoms with Gasteiger partial charge in [-0.05, 0) is 26.8 Å². The van der Waals surface area contributed by atoms with Crippen LogP contribution in [0.5, 0.6) is 0 Å². The Kier molecular flexibility index (Phi) is 14.1. The average molecular weight is 189 g/mol. The molecule has 0 aliphatic rings. The molecule has 82 valence electrons. The highest BCUT2D eigenvalue weighted by molar-refractivity contribution is 4.59. The molecule has 0 spiro atoms. The molecule has 2 nitrogen and oxygen atoms in total. The maximum atomic E-state index is 4.99. The Labute approximate surface area is 84.3 Å². The first-order valence-electron chi connectivity index (χ1n) is 5.45. The second kappa shape index (κ2) is 11.9. The number of rotatable bonds is 6. The Bertz CT molecular complexity index is 84.2. The minimum atomic E-state index is 0.664. The minimum Gasteiger partial charge on any atom is -0.385 e. The van der Waals surface area contributed by atoms with Crippen LogP contribution in [0.15, 0.2) is 0 Å². The van der Waals surface area contributed by atoms with Crippen molar-refractivity contribution in [3.63, 3.8) is 0 Å². The number of ether oxygens (including phenoxy) is 1. The molecule has 0 atom stereocenters. The summed E-state index contributed by atoms with van der Waals surface area (Å²) in [7, 11) is 1.76. The summed E-state index contributed by atoms with van der Waals surface area (Å²) in [5.74, 6) is 0. The minimum absolute atomic E-state index is 0.664. The third-order valence-corrected chi connectivity index (χ3v) is 1.93. The van der Waals surface area contributed by atoms with Crippen molar-refractivity contribution in [1.82, 2.24) is 4.90 Å². The van der Waals surface area contributed by atoms with Crippen LogP contribution in [-0.4, -0.2) is 37.7 Å². The molecule has 0 aromatic heterocycles. The van der Waals surface area contributed by atoms with Crippen LogP contribution in [0.4, 0.5) is 0 Å². The molecule has 0 saturated heterocycles. The monoisotopic (exact) mass is 189 g/mol. The number of hydrogen-bond donors (Lipinski definition) is 0. The lowest BCUT2D eigenvalue weighted by Crippen LogP contribution is -2.31. The maximum Gasteiger partial charge on any atom is 0.0474 e. The summed E-state index contributed by atoms with van der Waals surface area (Å²) in [5.41, 5.74) is 0. The van der Waals surface area contributed by atoms with Crippen molar-refractivity contribution in [2.24, 2.45) is 0 Å². The van der Waals surface area contributed by atoms with Gasteiger partial charge < -0.3 is 9.64 Å². The van der Waals surface area contributed by atoms with E-state index in [0.717, 1.165) is 26.1 Å². The predicted octanol–water partition coefficient (Wildman–Crippen LogP) is 2.78. The smallest absolute Gasteiger partial charge is 0.0474 e. The van der Waals surface area contributed by atoms with Crippen LogP contribution in [0, 0.1) is 0 Å². The Hall–Kier alpha value is -0.0800. The van der Waals surface area contributed by atoms with Crippen LogP contribution in [0.25, 0.3) is 0 Å². The highest BCUT2D eigenvalue weighted by Crippen LogP contribution is 1.98. The van der Waals surface area contributed by atoms with E-state index < -0.39 is 0 Å². The van der Waals surface area contributed by atoms with Gasteiger partial charge in [0.15, 0.2) is 0 Å². The van der Waals surface area contributed by atoms with Gasteiger partial charge in [0.25, 0.3) is 0 Å². The van der Waals surface area contributed by atoms with Gasteiger partial charge in [0, 0.05) is 26.3 Å². The summed E-state index contributed by atoms with van der Waals surface area (Å²) >= 11 is 0. The van der Waals surface area contributed by atoms with Crippen LogP contribution >= 0.6 is 0 Å². The lowest BCUT2D eigenvalue weighted by Gasteiger charge is -2.24. The average Bonchev–Trinajstić information content (AvgIpc) is 2.15. The zero-order valence-electron chi connectivity index (χ0n) is 10.3. The molecule has 0 fully saturated rings. The highest BCUT2D eigenvalue weighted by atomic mass is 16.5. The van der Waals surface area contributed by atoms with Crippen LogP contribution < -0.4 is 0 Å². The van der Waals surface area contributed by atoms with E-state index in [2.05, 4.69) is 25.7 Å². The van der Waals surface area contributed by atoms with E-state index in [1.807, 2.05) is 13.8 Å². The summed E-state index contributed by atoms with van der Waals surface area (Å²) in [6.45, 7) is 13.8. The number of nitrogens with zero attached hydrogens (tertiary/aromatic N) is 1. The molecule has 0 aliphatic carbocycles. The largest absolute Gasteiger partial charge is 0.385 e. The van der Waals surface area contributed by atoms with Crippen molar-refractivity contribution < 1.29 is 4.74 Å². The molecular weight excluding hydrogens is 162 g/mol. The van der Waals surface area contributed by atoms with E-state index >= 15 is 0 Å². The molecular formula is C11H27NO. The molecule has 0 rings (SSSR count). The molecule has 0 heterocycles. The van der Waals surface area contributed by atoms with Gasteiger partial charge in [-0.1, -0.05) is 20.8 Å². The molecule has 0 unspecified atom stereocenters. The number of methoxy groups -OCH3 is 1. The molecule has 0 N–H and O–H groups in total. The van der Waals surface area contributed by atoms with Crippen molar-refractivity contribution in [3.8, 4) is 0 Å². The summed E-state index contributed by atoms with van der Waals surface area (Å²) in [4.78, 5) is 2.44. The van der Waals surface area contributed by atoms with Gasteiger partial charge in [-0.25, -0.2) is 0 Å². The third-order valence-electron chi connectivity index (χ3n) is 1.93. The lowest BCUT2D eigenvalue weighted by atomic mass is 10.3. The Morgan fingerprint density at radius 2 is 1.77 bits per heavy atom. The molecule has 2 heteroatoms. The fourth-order valence-electron chi connectivity index (χ4n) is 1.19. The van der Waals surface area contributed by atoms with Crippen LogP contribution in [0.3, 0.4) is 0 Å². The van der Waals surface area contributed by atoms with Gasteiger partial charge in [-0.3, -0.25) is 0 Å². The second-order valence-corrected chi connectivity index (χ2v) is 3.07. The van der Waals surface area contributed by atoms with Gasteiger partial charge in [0.2, 0.25) is 0 Å². The molecule has 0 radical (unpaired) electrons. The Morgan fingerprint density at radius 1 is 1.23 bits per heavy atom. The van der Waals surface area contributed by atoms with E-state index in [1.54, 1.807) is 7.11 Å². The van der Waals surface area contributed by atoms with Gasteiger partial charge in [-0.2, -0.15) is 0 Å². The van der Waals surface area contributed by atoms with Gasteiger partial charge in [-0.15, -0.1) is 0 Å². The maximum absolute atomic E-state index is 4.99. The first-order valence-corrected chi connectivity index (χ1v) is 5.45. The normalized spacial score (nSPS) is 10.2. The fourth-order valence-corrected chi connectivity index (χ4v) is 1.19. The standard InChI is InChI=1S/C9H21NO.C2H6/c1-5-10(9(2)3)7-6-8-11-4;1-2/h9H,5-8H2,1-4H3;1-2H3. The van der Waals surface area contributed by atoms with Crippen LogP contribution in [0.1, 0.15) is 41.0 Å². The van der Waals surface area contributed by atoms with E-state index in [9.17, 15) is 0 Å². The zero-order valence-corrected chi connectivity index (χ0v) is 10.3. The SMILES string of the molecule is CC.CCN(CCCOC)C(C)C. The summed E-state index contributed by atoms with van der Waals surface area (Å²) in [5, 5.41) is 0.